The number of rotatable bonds is 6. The molecule has 7 nitrogen and oxygen atoms in total. The Morgan fingerprint density at radius 3 is 2.96 bits per heavy atom. The van der Waals surface area contributed by atoms with Crippen molar-refractivity contribution in [1.82, 2.24) is 19.9 Å². The number of nitrogens with zero attached hydrogens (tertiary/aromatic N) is 4. The maximum absolute atomic E-state index is 12.4. The molecule has 1 N–H and O–H groups in total. The van der Waals surface area contributed by atoms with Crippen molar-refractivity contribution in [3.05, 3.63) is 29.3 Å². The molecule has 1 aliphatic rings. The highest BCUT2D eigenvalue weighted by molar-refractivity contribution is 8.00. The first-order chi connectivity index (χ1) is 12.1. The van der Waals surface area contributed by atoms with Crippen LogP contribution in [0.25, 0.3) is 10.7 Å². The monoisotopic (exact) mass is 375 g/mol. The molecular weight excluding hydrogens is 358 g/mol. The minimum Gasteiger partial charge on any atom is -0.360 e. The zero-order valence-electron chi connectivity index (χ0n) is 13.8. The van der Waals surface area contributed by atoms with Gasteiger partial charge < -0.3 is 9.84 Å². The summed E-state index contributed by atoms with van der Waals surface area (Å²) in [6, 6.07) is 6.18. The molecular formula is C16H17N5O2S2. The molecule has 1 atom stereocenters. The highest BCUT2D eigenvalue weighted by Crippen LogP contribution is 2.42. The molecule has 0 spiro atoms. The van der Waals surface area contributed by atoms with Crippen LogP contribution in [0, 0.1) is 6.92 Å². The average Bonchev–Trinajstić information content (AvgIpc) is 3.00. The smallest absolute Gasteiger partial charge is 0.238 e. The number of amides is 1. The molecule has 0 radical (unpaired) electrons. The summed E-state index contributed by atoms with van der Waals surface area (Å²) in [5.74, 6) is 1.84. The van der Waals surface area contributed by atoms with E-state index in [-0.39, 0.29) is 11.2 Å². The SMILES string of the molecule is Cc1cc(NC(=O)[C@H](C)Sc2nnc(-c3cccs3)n2C2CC2)no1. The van der Waals surface area contributed by atoms with Gasteiger partial charge in [0.25, 0.3) is 0 Å². The van der Waals surface area contributed by atoms with E-state index in [2.05, 4.69) is 25.2 Å². The van der Waals surface area contributed by atoms with E-state index in [1.54, 1.807) is 24.3 Å². The van der Waals surface area contributed by atoms with E-state index in [1.807, 2.05) is 24.4 Å². The Morgan fingerprint density at radius 1 is 1.48 bits per heavy atom. The second-order valence-electron chi connectivity index (χ2n) is 5.96. The number of anilines is 1. The van der Waals surface area contributed by atoms with Gasteiger partial charge in [-0.15, -0.1) is 21.5 Å². The van der Waals surface area contributed by atoms with Crippen LogP contribution in [0.15, 0.2) is 33.3 Å². The fourth-order valence-electron chi connectivity index (χ4n) is 2.46. The number of hydrogen-bond donors (Lipinski definition) is 1. The first-order valence-corrected chi connectivity index (χ1v) is 9.77. The number of hydrogen-bond acceptors (Lipinski definition) is 7. The molecule has 4 rings (SSSR count). The Bertz CT molecular complexity index is 882. The Kier molecular flexibility index (Phi) is 4.34. The topological polar surface area (TPSA) is 85.8 Å². The van der Waals surface area contributed by atoms with Gasteiger partial charge in [0.1, 0.15) is 5.76 Å². The molecule has 1 aliphatic carbocycles. The normalized spacial score (nSPS) is 15.3. The van der Waals surface area contributed by atoms with Crippen molar-refractivity contribution in [3.8, 4) is 10.7 Å². The summed E-state index contributed by atoms with van der Waals surface area (Å²) in [6.07, 6.45) is 2.26. The van der Waals surface area contributed by atoms with Crippen molar-refractivity contribution >= 4 is 34.8 Å². The van der Waals surface area contributed by atoms with Gasteiger partial charge in [-0.25, -0.2) is 0 Å². The lowest BCUT2D eigenvalue weighted by Gasteiger charge is -2.12. The van der Waals surface area contributed by atoms with E-state index in [9.17, 15) is 4.79 Å². The van der Waals surface area contributed by atoms with Crippen molar-refractivity contribution in [3.63, 3.8) is 0 Å². The van der Waals surface area contributed by atoms with E-state index in [0.717, 1.165) is 28.7 Å². The Morgan fingerprint density at radius 2 is 2.32 bits per heavy atom. The number of nitrogens with one attached hydrogen (secondary N) is 1. The van der Waals surface area contributed by atoms with Crippen LogP contribution in [0.4, 0.5) is 5.82 Å². The predicted molar refractivity (Wildman–Crippen MR) is 96.8 cm³/mol. The summed E-state index contributed by atoms with van der Waals surface area (Å²) < 4.78 is 7.14. The second-order valence-corrected chi connectivity index (χ2v) is 8.21. The molecule has 0 aromatic carbocycles. The van der Waals surface area contributed by atoms with Crippen LogP contribution in [0.1, 0.15) is 31.6 Å². The summed E-state index contributed by atoms with van der Waals surface area (Å²) >= 11 is 3.06. The standard InChI is InChI=1S/C16H17N5O2S2/c1-9-8-13(20-23-9)17-15(22)10(2)25-16-19-18-14(12-4-3-7-24-12)21(16)11-5-6-11/h3-4,7-8,10-11H,5-6H2,1-2H3,(H,17,20,22)/t10-/m0/s1. The molecule has 1 amide bonds. The summed E-state index contributed by atoms with van der Waals surface area (Å²) in [7, 11) is 0. The largest absolute Gasteiger partial charge is 0.360 e. The van der Waals surface area contributed by atoms with Crippen LogP contribution in [0.5, 0.6) is 0 Å². The maximum Gasteiger partial charge on any atom is 0.238 e. The molecule has 0 bridgehead atoms. The second kappa shape index (κ2) is 6.64. The number of carbonyl (C=O) groups excluding carboxylic acids is 1. The third kappa shape index (κ3) is 3.47. The molecule has 3 aromatic heterocycles. The van der Waals surface area contributed by atoms with E-state index >= 15 is 0 Å². The maximum atomic E-state index is 12.4. The first-order valence-electron chi connectivity index (χ1n) is 8.01. The van der Waals surface area contributed by atoms with Crippen LogP contribution >= 0.6 is 23.1 Å². The summed E-state index contributed by atoms with van der Waals surface area (Å²) in [6.45, 7) is 3.63. The van der Waals surface area contributed by atoms with Crippen molar-refractivity contribution in [2.24, 2.45) is 0 Å². The molecule has 0 unspecified atom stereocenters. The van der Waals surface area contributed by atoms with Gasteiger partial charge in [-0.2, -0.15) is 0 Å². The van der Waals surface area contributed by atoms with Crippen molar-refractivity contribution in [2.45, 2.75) is 43.1 Å². The number of carbonyl (C=O) groups is 1. The molecule has 1 fully saturated rings. The Hall–Kier alpha value is -2.13. The number of thiophene rings is 1. The van der Waals surface area contributed by atoms with Crippen LogP contribution in [-0.4, -0.2) is 31.1 Å². The number of aryl methyl sites for hydroxylation is 1. The highest BCUT2D eigenvalue weighted by atomic mass is 32.2. The van der Waals surface area contributed by atoms with Gasteiger partial charge in [0.2, 0.25) is 5.91 Å². The molecule has 0 saturated heterocycles. The van der Waals surface area contributed by atoms with E-state index in [4.69, 9.17) is 4.52 Å². The van der Waals surface area contributed by atoms with Crippen LogP contribution in [-0.2, 0) is 4.79 Å². The van der Waals surface area contributed by atoms with E-state index in [1.165, 1.54) is 11.8 Å². The predicted octanol–water partition coefficient (Wildman–Crippen LogP) is 3.76. The van der Waals surface area contributed by atoms with Gasteiger partial charge in [-0.05, 0) is 38.1 Å². The van der Waals surface area contributed by atoms with E-state index in [0.29, 0.717) is 17.6 Å². The van der Waals surface area contributed by atoms with Gasteiger partial charge in [0.05, 0.1) is 10.1 Å². The first kappa shape index (κ1) is 16.3. The molecule has 25 heavy (non-hydrogen) atoms. The fourth-order valence-corrected chi connectivity index (χ4v) is 4.08. The quantitative estimate of drug-likeness (QED) is 0.660. The molecule has 0 aliphatic heterocycles. The van der Waals surface area contributed by atoms with Crippen molar-refractivity contribution in [1.29, 1.82) is 0 Å². The van der Waals surface area contributed by atoms with Gasteiger partial charge in [0, 0.05) is 12.1 Å². The summed E-state index contributed by atoms with van der Waals surface area (Å²) in [4.78, 5) is 13.5. The van der Waals surface area contributed by atoms with Gasteiger partial charge in [-0.3, -0.25) is 9.36 Å². The molecule has 9 heteroatoms. The lowest BCUT2D eigenvalue weighted by Crippen LogP contribution is -2.23. The third-order valence-electron chi connectivity index (χ3n) is 3.85. The van der Waals surface area contributed by atoms with Crippen molar-refractivity contribution < 1.29 is 9.32 Å². The Balaban J connectivity index is 1.51. The Labute approximate surface area is 152 Å². The van der Waals surface area contributed by atoms with Crippen molar-refractivity contribution in [2.75, 3.05) is 5.32 Å². The zero-order valence-corrected chi connectivity index (χ0v) is 15.4. The highest BCUT2D eigenvalue weighted by Gasteiger charge is 2.31. The third-order valence-corrected chi connectivity index (χ3v) is 5.77. The molecule has 3 heterocycles. The lowest BCUT2D eigenvalue weighted by molar-refractivity contribution is -0.115. The summed E-state index contributed by atoms with van der Waals surface area (Å²) in [5.41, 5.74) is 0. The van der Waals surface area contributed by atoms with Gasteiger partial charge >= 0.3 is 0 Å². The zero-order chi connectivity index (χ0) is 17.4. The van der Waals surface area contributed by atoms with Crippen LogP contribution in [0.2, 0.25) is 0 Å². The fraction of sp³-hybridized carbons (Fsp3) is 0.375. The average molecular weight is 375 g/mol. The van der Waals surface area contributed by atoms with E-state index < -0.39 is 0 Å². The number of aromatic nitrogens is 4. The number of thioether (sulfide) groups is 1. The molecule has 3 aromatic rings. The molecule has 1 saturated carbocycles. The molecule has 130 valence electrons. The van der Waals surface area contributed by atoms with Crippen LogP contribution in [0.3, 0.4) is 0 Å². The lowest BCUT2D eigenvalue weighted by atomic mass is 10.4. The minimum atomic E-state index is -0.324. The van der Waals surface area contributed by atoms with Gasteiger partial charge in [0.15, 0.2) is 16.8 Å². The van der Waals surface area contributed by atoms with Gasteiger partial charge in [-0.1, -0.05) is 23.0 Å². The summed E-state index contributed by atoms with van der Waals surface area (Å²) in [5, 5.41) is 17.7. The van der Waals surface area contributed by atoms with Crippen LogP contribution < -0.4 is 5.32 Å². The minimum absolute atomic E-state index is 0.138.